The van der Waals surface area contributed by atoms with Crippen LogP contribution in [0.3, 0.4) is 0 Å². The number of hydrogen-bond donors (Lipinski definition) is 2. The van der Waals surface area contributed by atoms with Crippen LogP contribution in [0.15, 0.2) is 23.1 Å². The second kappa shape index (κ2) is 7.36. The molecule has 142 valence electrons. The largest absolute Gasteiger partial charge is 0.346 e. The first kappa shape index (κ1) is 18.8. The molecule has 0 unspecified atom stereocenters. The standard InChI is InChI=1S/C18H25N3O4S/c1-12-5-6-13(2)16(10-12)26(24,25)21-9-3-4-15(21)11-19-17(22)18(23)20-14-7-8-14/h5-6,10,14-15H,3-4,7-9,11H2,1-2H3,(H,19,22)(H,20,23)/t15-/m1/s1. The lowest BCUT2D eigenvalue weighted by Gasteiger charge is -2.25. The highest BCUT2D eigenvalue weighted by Gasteiger charge is 2.36. The van der Waals surface area contributed by atoms with Gasteiger partial charge in [-0.15, -0.1) is 0 Å². The van der Waals surface area contributed by atoms with Gasteiger partial charge in [-0.2, -0.15) is 4.31 Å². The first-order valence-electron chi connectivity index (χ1n) is 8.97. The summed E-state index contributed by atoms with van der Waals surface area (Å²) in [6.07, 6.45) is 3.21. The van der Waals surface area contributed by atoms with Crippen LogP contribution in [0.25, 0.3) is 0 Å². The lowest BCUT2D eigenvalue weighted by molar-refractivity contribution is -0.139. The highest BCUT2D eigenvalue weighted by molar-refractivity contribution is 7.89. The maximum absolute atomic E-state index is 13.1. The first-order valence-corrected chi connectivity index (χ1v) is 10.4. The summed E-state index contributed by atoms with van der Waals surface area (Å²) >= 11 is 0. The van der Waals surface area contributed by atoms with Crippen molar-refractivity contribution in [3.63, 3.8) is 0 Å². The summed E-state index contributed by atoms with van der Waals surface area (Å²) in [4.78, 5) is 23.9. The third-order valence-corrected chi connectivity index (χ3v) is 6.96. The minimum absolute atomic E-state index is 0.112. The van der Waals surface area contributed by atoms with Gasteiger partial charge in [-0.25, -0.2) is 8.42 Å². The van der Waals surface area contributed by atoms with Crippen LogP contribution in [0, 0.1) is 13.8 Å². The predicted molar refractivity (Wildman–Crippen MR) is 97.0 cm³/mol. The van der Waals surface area contributed by atoms with E-state index in [1.165, 1.54) is 4.31 Å². The van der Waals surface area contributed by atoms with Crippen molar-refractivity contribution in [3.05, 3.63) is 29.3 Å². The molecule has 1 aromatic carbocycles. The summed E-state index contributed by atoms with van der Waals surface area (Å²) in [6.45, 7) is 4.20. The molecule has 1 atom stereocenters. The molecule has 2 amide bonds. The van der Waals surface area contributed by atoms with Gasteiger partial charge in [-0.3, -0.25) is 9.59 Å². The van der Waals surface area contributed by atoms with Gasteiger partial charge in [0.25, 0.3) is 0 Å². The van der Waals surface area contributed by atoms with Crippen LogP contribution in [0.4, 0.5) is 0 Å². The normalized spacial score (nSPS) is 20.8. The number of amides is 2. The monoisotopic (exact) mass is 379 g/mol. The van der Waals surface area contributed by atoms with Crippen LogP contribution in [0.1, 0.15) is 36.8 Å². The molecule has 1 aliphatic heterocycles. The van der Waals surface area contributed by atoms with Crippen LogP contribution in [-0.4, -0.2) is 49.7 Å². The van der Waals surface area contributed by atoms with E-state index in [4.69, 9.17) is 0 Å². The number of carbonyl (C=O) groups excluding carboxylic acids is 2. The average Bonchev–Trinajstić information content (AvgIpc) is 3.27. The van der Waals surface area contributed by atoms with Gasteiger partial charge >= 0.3 is 11.8 Å². The number of rotatable bonds is 5. The molecule has 3 rings (SSSR count). The van der Waals surface area contributed by atoms with Gasteiger partial charge < -0.3 is 10.6 Å². The Morgan fingerprint density at radius 2 is 1.88 bits per heavy atom. The van der Waals surface area contributed by atoms with Gasteiger partial charge in [0.2, 0.25) is 10.0 Å². The molecule has 1 aliphatic carbocycles. The maximum atomic E-state index is 13.1. The Hall–Kier alpha value is -1.93. The van der Waals surface area contributed by atoms with E-state index in [1.54, 1.807) is 19.1 Å². The molecular weight excluding hydrogens is 354 g/mol. The number of benzene rings is 1. The van der Waals surface area contributed by atoms with Gasteiger partial charge in [0, 0.05) is 25.2 Å². The number of aryl methyl sites for hydroxylation is 2. The topological polar surface area (TPSA) is 95.6 Å². The summed E-state index contributed by atoms with van der Waals surface area (Å²) in [7, 11) is -3.64. The summed E-state index contributed by atoms with van der Waals surface area (Å²) in [5.41, 5.74) is 1.59. The lowest BCUT2D eigenvalue weighted by atomic mass is 10.2. The van der Waals surface area contributed by atoms with Crippen molar-refractivity contribution < 1.29 is 18.0 Å². The highest BCUT2D eigenvalue weighted by atomic mass is 32.2. The summed E-state index contributed by atoms with van der Waals surface area (Å²) in [5, 5.41) is 5.21. The number of nitrogens with one attached hydrogen (secondary N) is 2. The number of sulfonamides is 1. The molecule has 2 N–H and O–H groups in total. The molecule has 26 heavy (non-hydrogen) atoms. The number of hydrogen-bond acceptors (Lipinski definition) is 4. The van der Waals surface area contributed by atoms with Crippen molar-refractivity contribution in [2.75, 3.05) is 13.1 Å². The Morgan fingerprint density at radius 1 is 1.15 bits per heavy atom. The van der Waals surface area contributed by atoms with Gasteiger partial charge in [0.15, 0.2) is 0 Å². The Balaban J connectivity index is 1.68. The molecule has 2 fully saturated rings. The fourth-order valence-electron chi connectivity index (χ4n) is 3.21. The molecule has 1 heterocycles. The molecule has 7 nitrogen and oxygen atoms in total. The molecule has 0 radical (unpaired) electrons. The van der Waals surface area contributed by atoms with E-state index in [-0.39, 0.29) is 18.6 Å². The van der Waals surface area contributed by atoms with Crippen LogP contribution < -0.4 is 10.6 Å². The second-order valence-electron chi connectivity index (χ2n) is 7.14. The van der Waals surface area contributed by atoms with Crippen molar-refractivity contribution in [1.82, 2.24) is 14.9 Å². The zero-order chi connectivity index (χ0) is 18.9. The zero-order valence-corrected chi connectivity index (χ0v) is 15.9. The number of nitrogens with zero attached hydrogens (tertiary/aromatic N) is 1. The third-order valence-electron chi connectivity index (χ3n) is 4.87. The molecule has 0 bridgehead atoms. The number of carbonyl (C=O) groups is 2. The summed E-state index contributed by atoms with van der Waals surface area (Å²) in [5.74, 6) is -1.35. The van der Waals surface area contributed by atoms with Gasteiger partial charge in [-0.05, 0) is 56.7 Å². The van der Waals surface area contributed by atoms with Crippen molar-refractivity contribution in [2.24, 2.45) is 0 Å². The van der Waals surface area contributed by atoms with Crippen LogP contribution in [-0.2, 0) is 19.6 Å². The van der Waals surface area contributed by atoms with E-state index in [1.807, 2.05) is 13.0 Å². The Labute approximate surface area is 154 Å². The fourth-order valence-corrected chi connectivity index (χ4v) is 5.21. The van der Waals surface area contributed by atoms with E-state index in [2.05, 4.69) is 10.6 Å². The van der Waals surface area contributed by atoms with E-state index < -0.39 is 21.8 Å². The second-order valence-corrected chi connectivity index (χ2v) is 9.00. The van der Waals surface area contributed by atoms with E-state index in [0.717, 1.165) is 24.8 Å². The van der Waals surface area contributed by atoms with E-state index >= 15 is 0 Å². The smallest absolute Gasteiger partial charge is 0.309 e. The van der Waals surface area contributed by atoms with Crippen LogP contribution in [0.5, 0.6) is 0 Å². The van der Waals surface area contributed by atoms with Crippen molar-refractivity contribution in [2.45, 2.75) is 56.5 Å². The minimum Gasteiger partial charge on any atom is -0.346 e. The van der Waals surface area contributed by atoms with Crippen LogP contribution >= 0.6 is 0 Å². The Bertz CT molecular complexity index is 818. The Kier molecular flexibility index (Phi) is 5.34. The summed E-state index contributed by atoms with van der Waals surface area (Å²) in [6, 6.07) is 5.14. The molecule has 1 saturated carbocycles. The molecule has 8 heteroatoms. The Morgan fingerprint density at radius 3 is 2.58 bits per heavy atom. The molecular formula is C18H25N3O4S. The highest BCUT2D eigenvalue weighted by Crippen LogP contribution is 2.28. The van der Waals surface area contributed by atoms with Crippen LogP contribution in [0.2, 0.25) is 0 Å². The first-order chi connectivity index (χ1) is 12.3. The quantitative estimate of drug-likeness (QED) is 0.742. The summed E-state index contributed by atoms with van der Waals surface area (Å²) < 4.78 is 27.6. The maximum Gasteiger partial charge on any atom is 0.309 e. The molecule has 1 saturated heterocycles. The predicted octanol–water partition coefficient (Wildman–Crippen LogP) is 0.851. The third kappa shape index (κ3) is 4.07. The van der Waals surface area contributed by atoms with E-state index in [9.17, 15) is 18.0 Å². The molecule has 1 aromatic rings. The SMILES string of the molecule is Cc1ccc(C)c(S(=O)(=O)N2CCC[C@@H]2CNC(=O)C(=O)NC2CC2)c1. The van der Waals surface area contributed by atoms with Crippen molar-refractivity contribution in [1.29, 1.82) is 0 Å². The van der Waals surface area contributed by atoms with Gasteiger partial charge in [0.05, 0.1) is 4.90 Å². The lowest BCUT2D eigenvalue weighted by Crippen LogP contribution is -2.47. The van der Waals surface area contributed by atoms with Crippen molar-refractivity contribution >= 4 is 21.8 Å². The van der Waals surface area contributed by atoms with E-state index in [0.29, 0.717) is 23.4 Å². The molecule has 0 spiro atoms. The molecule has 0 aromatic heterocycles. The van der Waals surface area contributed by atoms with Gasteiger partial charge in [-0.1, -0.05) is 12.1 Å². The van der Waals surface area contributed by atoms with Gasteiger partial charge in [0.1, 0.15) is 0 Å². The minimum atomic E-state index is -3.64. The fraction of sp³-hybridized carbons (Fsp3) is 0.556. The average molecular weight is 379 g/mol. The zero-order valence-electron chi connectivity index (χ0n) is 15.1. The molecule has 2 aliphatic rings. The van der Waals surface area contributed by atoms with Crippen molar-refractivity contribution in [3.8, 4) is 0 Å².